The summed E-state index contributed by atoms with van der Waals surface area (Å²) in [6, 6.07) is 51.0. The molecule has 0 radical (unpaired) electrons. The summed E-state index contributed by atoms with van der Waals surface area (Å²) in [4.78, 5) is -0.942. The van der Waals surface area contributed by atoms with Crippen molar-refractivity contribution in [2.75, 3.05) is 7.11 Å². The summed E-state index contributed by atoms with van der Waals surface area (Å²) >= 11 is 0. The predicted octanol–water partition coefficient (Wildman–Crippen LogP) is 11.6. The molecule has 0 saturated carbocycles. The van der Waals surface area contributed by atoms with Gasteiger partial charge in [0.05, 0.1) is 26.7 Å². The molecule has 0 saturated heterocycles. The Hall–Kier alpha value is -7.23. The van der Waals surface area contributed by atoms with Crippen molar-refractivity contribution in [1.29, 1.82) is 0 Å². The Labute approximate surface area is 371 Å². The number of hydrogen-bond acceptors (Lipinski definition) is 10. The zero-order chi connectivity index (χ0) is 45.1. The first-order chi connectivity index (χ1) is 30.6. The van der Waals surface area contributed by atoms with Crippen molar-refractivity contribution >= 4 is 29.8 Å². The molecule has 0 aliphatic carbocycles. The third-order valence-electron chi connectivity index (χ3n) is 10.1. The van der Waals surface area contributed by atoms with Crippen LogP contribution in [0.3, 0.4) is 0 Å². The average molecular weight is 911 g/mol. The first-order valence-corrected chi connectivity index (χ1v) is 23.9. The Bertz CT molecular complexity index is 3260. The monoisotopic (exact) mass is 910 g/mol. The van der Waals surface area contributed by atoms with Gasteiger partial charge in [0.15, 0.2) is 0 Å². The van der Waals surface area contributed by atoms with E-state index in [2.05, 4.69) is 24.3 Å². The van der Waals surface area contributed by atoms with E-state index < -0.39 is 34.7 Å². The van der Waals surface area contributed by atoms with Crippen molar-refractivity contribution in [1.82, 2.24) is 0 Å². The third-order valence-corrected chi connectivity index (χ3v) is 14.5. The fourth-order valence-electron chi connectivity index (χ4n) is 6.63. The lowest BCUT2D eigenvalue weighted by Crippen LogP contribution is -2.06. The zero-order valence-electron chi connectivity index (χ0n) is 34.2. The normalized spacial score (nSPS) is 11.7. The van der Waals surface area contributed by atoms with Gasteiger partial charge in [-0.15, -0.1) is 0 Å². The molecule has 0 aromatic heterocycles. The number of hydrogen-bond donors (Lipinski definition) is 1. The molecule has 0 heterocycles. The number of ether oxygens (including phenoxy) is 4. The summed E-state index contributed by atoms with van der Waals surface area (Å²) in [7, 11) is -11.4. The van der Waals surface area contributed by atoms with Crippen LogP contribution in [0.1, 0.15) is 5.56 Å². The first kappa shape index (κ1) is 43.4. The van der Waals surface area contributed by atoms with Crippen LogP contribution in [0.2, 0.25) is 0 Å². The molecule has 0 aliphatic rings. The minimum Gasteiger partial charge on any atom is -0.497 e. The summed E-state index contributed by atoms with van der Waals surface area (Å²) in [5, 5.41) is 0. The van der Waals surface area contributed by atoms with E-state index in [1.165, 1.54) is 73.3 Å². The smallest absolute Gasteiger partial charge is 0.298 e. The van der Waals surface area contributed by atoms with Crippen molar-refractivity contribution in [3.63, 3.8) is 0 Å². The van der Waals surface area contributed by atoms with Crippen molar-refractivity contribution in [2.45, 2.75) is 31.4 Å². The van der Waals surface area contributed by atoms with Crippen LogP contribution in [0.4, 0.5) is 0 Å². The molecule has 0 bridgehead atoms. The minimum absolute atomic E-state index is 0.0940. The second-order valence-corrected chi connectivity index (χ2v) is 19.7. The highest BCUT2D eigenvalue weighted by Crippen LogP contribution is 2.35. The minimum atomic E-state index is -4.90. The van der Waals surface area contributed by atoms with Gasteiger partial charge in [0.1, 0.15) is 45.1 Å². The van der Waals surface area contributed by atoms with Gasteiger partial charge >= 0.3 is 0 Å². The lowest BCUT2D eigenvalue weighted by molar-refractivity contribution is 0.414. The quantitative estimate of drug-likeness (QED) is 0.103. The molecule has 322 valence electrons. The van der Waals surface area contributed by atoms with Gasteiger partial charge in [-0.1, -0.05) is 66.2 Å². The Morgan fingerprint density at radius 2 is 0.656 bits per heavy atom. The van der Waals surface area contributed by atoms with Crippen LogP contribution in [0.5, 0.6) is 40.2 Å². The molecule has 8 rings (SSSR count). The van der Waals surface area contributed by atoms with Gasteiger partial charge < -0.3 is 18.9 Å². The molecule has 0 atom stereocenters. The van der Waals surface area contributed by atoms with Crippen molar-refractivity contribution in [3.05, 3.63) is 194 Å². The van der Waals surface area contributed by atoms with Gasteiger partial charge in [0.25, 0.3) is 10.1 Å². The van der Waals surface area contributed by atoms with E-state index in [9.17, 15) is 29.8 Å². The van der Waals surface area contributed by atoms with Crippen LogP contribution in [0, 0.1) is 6.92 Å². The fraction of sp³-hybridized carbons (Fsp3) is 0.0400. The first-order valence-electron chi connectivity index (χ1n) is 19.5. The lowest BCUT2D eigenvalue weighted by atomic mass is 10.0. The van der Waals surface area contributed by atoms with Crippen molar-refractivity contribution < 1.29 is 48.8 Å². The Kier molecular flexibility index (Phi) is 12.1. The maximum Gasteiger partial charge on any atom is 0.298 e. The third kappa shape index (κ3) is 9.70. The Morgan fingerprint density at radius 1 is 0.359 bits per heavy atom. The van der Waals surface area contributed by atoms with Crippen LogP contribution in [-0.4, -0.2) is 36.9 Å². The van der Waals surface area contributed by atoms with E-state index in [0.717, 1.165) is 28.3 Å². The highest BCUT2D eigenvalue weighted by Gasteiger charge is 2.25. The maximum atomic E-state index is 13.5. The summed E-state index contributed by atoms with van der Waals surface area (Å²) < 4.78 is 111. The summed E-state index contributed by atoms with van der Waals surface area (Å²) in [5.41, 5.74) is 4.96. The molecule has 0 unspecified atom stereocenters. The number of aryl methyl sites for hydroxylation is 1. The molecule has 64 heavy (non-hydrogen) atoms. The molecule has 1 N–H and O–H groups in total. The number of sulfone groups is 2. The number of methoxy groups -OCH3 is 1. The highest BCUT2D eigenvalue weighted by atomic mass is 32.2. The van der Waals surface area contributed by atoms with Gasteiger partial charge in [0.2, 0.25) is 19.7 Å². The van der Waals surface area contributed by atoms with Crippen LogP contribution < -0.4 is 18.9 Å². The van der Waals surface area contributed by atoms with Gasteiger partial charge in [-0.05, 0) is 157 Å². The van der Waals surface area contributed by atoms with Crippen molar-refractivity contribution in [3.8, 4) is 62.5 Å². The van der Waals surface area contributed by atoms with E-state index in [0.29, 0.717) is 28.7 Å². The predicted molar refractivity (Wildman–Crippen MR) is 242 cm³/mol. The zero-order valence-corrected chi connectivity index (χ0v) is 36.6. The van der Waals surface area contributed by atoms with E-state index in [4.69, 9.17) is 18.9 Å². The van der Waals surface area contributed by atoms with E-state index in [1.54, 1.807) is 60.7 Å². The molecule has 0 aliphatic heterocycles. The van der Waals surface area contributed by atoms with Crippen LogP contribution >= 0.6 is 0 Å². The fourth-order valence-corrected chi connectivity index (χ4v) is 9.90. The molecule has 8 aromatic carbocycles. The summed E-state index contributed by atoms with van der Waals surface area (Å²) in [6.07, 6.45) is 0. The Morgan fingerprint density at radius 3 is 1.02 bits per heavy atom. The molecular weight excluding hydrogens is 873 g/mol. The van der Waals surface area contributed by atoms with E-state index in [1.807, 2.05) is 43.3 Å². The van der Waals surface area contributed by atoms with Crippen LogP contribution in [0.15, 0.2) is 213 Å². The topological polar surface area (TPSA) is 160 Å². The number of rotatable bonds is 14. The lowest BCUT2D eigenvalue weighted by Gasteiger charge is -2.13. The molecule has 0 fully saturated rings. The Balaban J connectivity index is 0.881. The van der Waals surface area contributed by atoms with Gasteiger partial charge in [-0.2, -0.15) is 8.42 Å². The molecule has 11 nitrogen and oxygen atoms in total. The molecule has 14 heteroatoms. The van der Waals surface area contributed by atoms with E-state index in [-0.39, 0.29) is 31.1 Å². The standard InChI is InChI=1S/C50H38O11S3/c1-34-3-5-35(6-4-34)36-7-13-40(14-8-36)59-42-21-27-45(28-22-42)62(51,52)46-29-23-43(24-30-46)60-41-15-9-37(10-16-41)38-11-17-44(18-12-38)61-49-32-31-48(33-50(49)64(55,56)57)63(53,54)47-25-19-39(58-2)20-26-47/h3-33H,1-2H3,(H,55,56,57). The van der Waals surface area contributed by atoms with E-state index >= 15 is 0 Å². The second-order valence-electron chi connectivity index (χ2n) is 14.5. The highest BCUT2D eigenvalue weighted by molar-refractivity contribution is 7.92. The van der Waals surface area contributed by atoms with Gasteiger partial charge in [0, 0.05) is 0 Å². The number of benzene rings is 8. The maximum absolute atomic E-state index is 13.5. The molecule has 0 spiro atoms. The molecule has 0 amide bonds. The SMILES string of the molecule is COc1ccc(S(=O)(=O)c2ccc(Oc3ccc(-c4ccc(Oc5ccc(S(=O)(=O)c6ccc(Oc7ccc(-c8ccc(C)cc8)cc7)cc6)cc5)cc4)cc3)c(S(=O)(=O)O)c2)cc1. The largest absolute Gasteiger partial charge is 0.497 e. The molecular formula is C50H38O11S3. The summed E-state index contributed by atoms with van der Waals surface area (Å²) in [6.45, 7) is 2.05. The van der Waals surface area contributed by atoms with Gasteiger partial charge in [-0.3, -0.25) is 4.55 Å². The van der Waals surface area contributed by atoms with Crippen molar-refractivity contribution in [2.24, 2.45) is 0 Å². The summed E-state index contributed by atoms with van der Waals surface area (Å²) in [5.74, 6) is 2.47. The average Bonchev–Trinajstić information content (AvgIpc) is 3.30. The van der Waals surface area contributed by atoms with Crippen LogP contribution in [0.25, 0.3) is 22.3 Å². The van der Waals surface area contributed by atoms with Crippen LogP contribution in [-0.2, 0) is 29.8 Å². The second kappa shape index (κ2) is 17.9. The molecule has 8 aromatic rings. The van der Waals surface area contributed by atoms with Gasteiger partial charge in [-0.25, -0.2) is 16.8 Å².